The Hall–Kier alpha value is -3.29. The molecule has 1 N–H and O–H groups in total. The fourth-order valence-corrected chi connectivity index (χ4v) is 2.52. The number of hydrogen-bond donors (Lipinski definition) is 1. The average Bonchev–Trinajstić information content (AvgIpc) is 3.36. The molecular weight excluding hydrogens is 304 g/mol. The summed E-state index contributed by atoms with van der Waals surface area (Å²) in [5, 5.41) is 16.5. The van der Waals surface area contributed by atoms with Gasteiger partial charge in [0.1, 0.15) is 18.6 Å². The Bertz CT molecular complexity index is 891. The van der Waals surface area contributed by atoms with Gasteiger partial charge in [0.2, 0.25) is 0 Å². The smallest absolute Gasteiger partial charge is 0.159 e. The van der Waals surface area contributed by atoms with Crippen LogP contribution >= 0.6 is 0 Å². The molecule has 8 heteroatoms. The van der Waals surface area contributed by atoms with Crippen LogP contribution in [0.25, 0.3) is 11.5 Å². The van der Waals surface area contributed by atoms with Crippen LogP contribution in [0.5, 0.6) is 0 Å². The summed E-state index contributed by atoms with van der Waals surface area (Å²) in [6.07, 6.45) is 7.97. The molecule has 1 aromatic carbocycles. The minimum Gasteiger partial charge on any atom is -0.343 e. The number of imidazole rings is 1. The molecule has 4 rings (SSSR count). The van der Waals surface area contributed by atoms with E-state index in [1.165, 1.54) is 5.56 Å². The van der Waals surface area contributed by atoms with E-state index in [4.69, 9.17) is 0 Å². The van der Waals surface area contributed by atoms with Crippen molar-refractivity contribution in [2.75, 3.05) is 0 Å². The first-order valence-electron chi connectivity index (χ1n) is 7.69. The van der Waals surface area contributed by atoms with E-state index in [9.17, 15) is 0 Å². The molecule has 0 aliphatic heterocycles. The fourth-order valence-electron chi connectivity index (χ4n) is 2.52. The second kappa shape index (κ2) is 6.45. The molecule has 0 radical (unpaired) electrons. The number of rotatable bonds is 6. The first-order valence-corrected chi connectivity index (χ1v) is 7.69. The largest absolute Gasteiger partial charge is 0.343 e. The third kappa shape index (κ3) is 3.07. The number of nitrogens with zero attached hydrogens (tertiary/aromatic N) is 7. The van der Waals surface area contributed by atoms with Gasteiger partial charge in [-0.25, -0.2) is 9.67 Å². The summed E-state index contributed by atoms with van der Waals surface area (Å²) in [6, 6.07) is 10.4. The third-order valence-electron chi connectivity index (χ3n) is 3.76. The molecule has 3 heterocycles. The average molecular weight is 320 g/mol. The van der Waals surface area contributed by atoms with Gasteiger partial charge in [-0.05, 0) is 12.0 Å². The zero-order valence-corrected chi connectivity index (χ0v) is 12.9. The lowest BCUT2D eigenvalue weighted by atomic mass is 10.1. The van der Waals surface area contributed by atoms with Gasteiger partial charge in [0, 0.05) is 18.9 Å². The zero-order chi connectivity index (χ0) is 16.2. The second-order valence-corrected chi connectivity index (χ2v) is 5.42. The first kappa shape index (κ1) is 14.3. The number of aryl methyl sites for hydroxylation is 2. The number of aromatic nitrogens is 8. The summed E-state index contributed by atoms with van der Waals surface area (Å²) in [7, 11) is 0. The van der Waals surface area contributed by atoms with Gasteiger partial charge in [-0.1, -0.05) is 35.5 Å². The molecule has 120 valence electrons. The summed E-state index contributed by atoms with van der Waals surface area (Å²) in [5.41, 5.74) is 1.99. The summed E-state index contributed by atoms with van der Waals surface area (Å²) >= 11 is 0. The van der Waals surface area contributed by atoms with Crippen LogP contribution in [0.3, 0.4) is 0 Å². The van der Waals surface area contributed by atoms with Crippen molar-refractivity contribution in [1.29, 1.82) is 0 Å². The van der Waals surface area contributed by atoms with Crippen LogP contribution in [0.2, 0.25) is 0 Å². The monoisotopic (exact) mass is 320 g/mol. The molecule has 0 aliphatic rings. The molecule has 0 spiro atoms. The third-order valence-corrected chi connectivity index (χ3v) is 3.76. The van der Waals surface area contributed by atoms with Gasteiger partial charge >= 0.3 is 0 Å². The molecule has 0 aliphatic carbocycles. The molecule has 0 amide bonds. The Kier molecular flexibility index (Phi) is 3.85. The molecule has 3 aromatic heterocycles. The quantitative estimate of drug-likeness (QED) is 0.582. The molecule has 0 saturated heterocycles. The summed E-state index contributed by atoms with van der Waals surface area (Å²) in [5.74, 6) is 1.55. The highest BCUT2D eigenvalue weighted by Crippen LogP contribution is 2.10. The van der Waals surface area contributed by atoms with E-state index in [1.54, 1.807) is 23.4 Å². The van der Waals surface area contributed by atoms with Crippen molar-refractivity contribution in [2.24, 2.45) is 0 Å². The van der Waals surface area contributed by atoms with Crippen LogP contribution in [0.1, 0.15) is 11.4 Å². The first-order chi connectivity index (χ1) is 11.9. The van der Waals surface area contributed by atoms with E-state index in [2.05, 4.69) is 42.6 Å². The highest BCUT2D eigenvalue weighted by molar-refractivity contribution is 5.45. The van der Waals surface area contributed by atoms with Crippen molar-refractivity contribution in [2.45, 2.75) is 19.5 Å². The molecule has 4 aromatic rings. The molecule has 0 saturated carbocycles. The number of benzene rings is 1. The predicted octanol–water partition coefficient (Wildman–Crippen LogP) is 1.55. The van der Waals surface area contributed by atoms with Gasteiger partial charge in [0.05, 0.1) is 6.20 Å². The predicted molar refractivity (Wildman–Crippen MR) is 86.9 cm³/mol. The van der Waals surface area contributed by atoms with Gasteiger partial charge in [-0.2, -0.15) is 0 Å². The second-order valence-electron chi connectivity index (χ2n) is 5.42. The van der Waals surface area contributed by atoms with E-state index in [0.29, 0.717) is 18.1 Å². The Morgan fingerprint density at radius 1 is 1.08 bits per heavy atom. The lowest BCUT2D eigenvalue weighted by Crippen LogP contribution is -2.10. The maximum Gasteiger partial charge on any atom is 0.159 e. The SMILES string of the molecule is c1ccc(CCn2cnnc2Cn2cc(-c3ncc[nH]3)nn2)cc1. The van der Waals surface area contributed by atoms with Gasteiger partial charge < -0.3 is 9.55 Å². The van der Waals surface area contributed by atoms with Crippen LogP contribution in [-0.2, 0) is 19.5 Å². The van der Waals surface area contributed by atoms with Crippen molar-refractivity contribution in [3.05, 3.63) is 66.6 Å². The summed E-state index contributed by atoms with van der Waals surface area (Å²) in [6.45, 7) is 1.34. The van der Waals surface area contributed by atoms with E-state index in [-0.39, 0.29) is 0 Å². The van der Waals surface area contributed by atoms with E-state index < -0.39 is 0 Å². The fraction of sp³-hybridized carbons (Fsp3) is 0.188. The Balaban J connectivity index is 1.45. The maximum absolute atomic E-state index is 4.20. The standard InChI is InChI=1S/C16H16N8/c1-2-4-13(5-3-1)6-9-23-12-19-21-15(23)11-24-10-14(20-22-24)16-17-7-8-18-16/h1-5,7-8,10,12H,6,9,11H2,(H,17,18). The van der Waals surface area contributed by atoms with E-state index in [1.807, 2.05) is 29.0 Å². The van der Waals surface area contributed by atoms with Crippen LogP contribution in [-0.4, -0.2) is 39.7 Å². The van der Waals surface area contributed by atoms with Crippen molar-refractivity contribution in [1.82, 2.24) is 39.7 Å². The molecular formula is C16H16N8. The van der Waals surface area contributed by atoms with Crippen LogP contribution in [0.15, 0.2) is 55.2 Å². The van der Waals surface area contributed by atoms with Gasteiger partial charge in [0.25, 0.3) is 0 Å². The lowest BCUT2D eigenvalue weighted by molar-refractivity contribution is 0.575. The summed E-state index contributed by atoms with van der Waals surface area (Å²) < 4.78 is 3.78. The number of aromatic amines is 1. The Morgan fingerprint density at radius 2 is 2.00 bits per heavy atom. The highest BCUT2D eigenvalue weighted by Gasteiger charge is 2.09. The topological polar surface area (TPSA) is 90.1 Å². The Labute approximate surface area is 138 Å². The van der Waals surface area contributed by atoms with Gasteiger partial charge in [-0.15, -0.1) is 15.3 Å². The highest BCUT2D eigenvalue weighted by atomic mass is 15.4. The van der Waals surface area contributed by atoms with E-state index in [0.717, 1.165) is 18.8 Å². The Morgan fingerprint density at radius 3 is 2.83 bits per heavy atom. The van der Waals surface area contributed by atoms with Crippen LogP contribution < -0.4 is 0 Å². The number of hydrogen-bond acceptors (Lipinski definition) is 5. The van der Waals surface area contributed by atoms with Crippen molar-refractivity contribution < 1.29 is 0 Å². The van der Waals surface area contributed by atoms with Crippen molar-refractivity contribution in [3.63, 3.8) is 0 Å². The molecule has 8 nitrogen and oxygen atoms in total. The lowest BCUT2D eigenvalue weighted by Gasteiger charge is -2.06. The molecule has 0 fully saturated rings. The molecule has 0 unspecified atom stereocenters. The van der Waals surface area contributed by atoms with Gasteiger partial charge in [-0.3, -0.25) is 0 Å². The summed E-state index contributed by atoms with van der Waals surface area (Å²) in [4.78, 5) is 7.19. The maximum atomic E-state index is 4.20. The minimum atomic E-state index is 0.516. The normalized spacial score (nSPS) is 11.0. The minimum absolute atomic E-state index is 0.516. The van der Waals surface area contributed by atoms with Crippen LogP contribution in [0.4, 0.5) is 0 Å². The number of nitrogens with one attached hydrogen (secondary N) is 1. The van der Waals surface area contributed by atoms with Crippen molar-refractivity contribution in [3.8, 4) is 11.5 Å². The van der Waals surface area contributed by atoms with Crippen LogP contribution in [0, 0.1) is 0 Å². The van der Waals surface area contributed by atoms with Gasteiger partial charge in [0.15, 0.2) is 11.6 Å². The zero-order valence-electron chi connectivity index (χ0n) is 12.9. The van der Waals surface area contributed by atoms with Crippen molar-refractivity contribution >= 4 is 0 Å². The number of H-pyrrole nitrogens is 1. The molecule has 0 atom stereocenters. The molecule has 24 heavy (non-hydrogen) atoms. The van der Waals surface area contributed by atoms with E-state index >= 15 is 0 Å². The molecule has 0 bridgehead atoms.